The highest BCUT2D eigenvalue weighted by molar-refractivity contribution is 5.49. The fraction of sp³-hybridized carbons (Fsp3) is 0.368. The summed E-state index contributed by atoms with van der Waals surface area (Å²) < 4.78 is 10.5. The second kappa shape index (κ2) is 6.50. The number of ether oxygens (including phenoxy) is 2. The summed E-state index contributed by atoms with van der Waals surface area (Å²) in [5, 5.41) is 10.1. The first-order valence-corrected chi connectivity index (χ1v) is 7.85. The van der Waals surface area contributed by atoms with Crippen LogP contribution in [0.2, 0.25) is 0 Å². The molecule has 0 aliphatic carbocycles. The minimum atomic E-state index is 0.210. The minimum absolute atomic E-state index is 0.210. The normalized spacial score (nSPS) is 17.6. The van der Waals surface area contributed by atoms with Gasteiger partial charge in [-0.1, -0.05) is 12.1 Å². The molecule has 1 heterocycles. The molecule has 2 aromatic carbocycles. The molecule has 1 aliphatic heterocycles. The van der Waals surface area contributed by atoms with Crippen molar-refractivity contribution >= 4 is 0 Å². The average Bonchev–Trinajstić information content (AvgIpc) is 2.58. The van der Waals surface area contributed by atoms with Gasteiger partial charge in [0.2, 0.25) is 0 Å². The van der Waals surface area contributed by atoms with Gasteiger partial charge in [-0.15, -0.1) is 0 Å². The van der Waals surface area contributed by atoms with Gasteiger partial charge in [0.25, 0.3) is 0 Å². The number of fused-ring (bicyclic) bond motifs is 1. The summed E-state index contributed by atoms with van der Waals surface area (Å²) in [5.41, 5.74) is 3.70. The monoisotopic (exact) mass is 313 g/mol. The van der Waals surface area contributed by atoms with Crippen molar-refractivity contribution in [1.29, 1.82) is 0 Å². The van der Waals surface area contributed by atoms with Crippen LogP contribution in [-0.2, 0) is 12.8 Å². The average molecular weight is 313 g/mol. The maximum atomic E-state index is 10.1. The number of nitrogens with zero attached hydrogens (tertiary/aromatic N) is 1. The molecule has 0 fully saturated rings. The zero-order chi connectivity index (χ0) is 16.4. The Morgan fingerprint density at radius 1 is 1.13 bits per heavy atom. The number of phenols is 1. The van der Waals surface area contributed by atoms with Crippen molar-refractivity contribution in [2.75, 3.05) is 27.8 Å². The molecule has 0 amide bonds. The highest BCUT2D eigenvalue weighted by Gasteiger charge is 2.26. The third-order valence-corrected chi connectivity index (χ3v) is 4.65. The minimum Gasteiger partial charge on any atom is -0.504 e. The Labute approximate surface area is 137 Å². The number of hydrogen-bond donors (Lipinski definition) is 1. The van der Waals surface area contributed by atoms with E-state index in [4.69, 9.17) is 9.47 Å². The number of benzene rings is 2. The topological polar surface area (TPSA) is 41.9 Å². The summed E-state index contributed by atoms with van der Waals surface area (Å²) in [6, 6.07) is 12.3. The fourth-order valence-electron chi connectivity index (χ4n) is 3.26. The molecule has 3 rings (SSSR count). The lowest BCUT2D eigenvalue weighted by molar-refractivity contribution is 0.228. The lowest BCUT2D eigenvalue weighted by Gasteiger charge is -2.35. The molecule has 0 radical (unpaired) electrons. The first kappa shape index (κ1) is 15.7. The van der Waals surface area contributed by atoms with E-state index >= 15 is 0 Å². The van der Waals surface area contributed by atoms with Gasteiger partial charge in [-0.2, -0.15) is 0 Å². The molecule has 0 spiro atoms. The summed E-state index contributed by atoms with van der Waals surface area (Å²) in [7, 11) is 5.40. The van der Waals surface area contributed by atoms with Crippen molar-refractivity contribution in [1.82, 2.24) is 4.90 Å². The van der Waals surface area contributed by atoms with E-state index in [0.717, 1.165) is 25.1 Å². The number of phenolic OH excluding ortho intramolecular Hbond substituents is 1. The summed E-state index contributed by atoms with van der Waals surface area (Å²) >= 11 is 0. The first-order chi connectivity index (χ1) is 11.1. The van der Waals surface area contributed by atoms with Crippen molar-refractivity contribution in [3.8, 4) is 17.2 Å². The Balaban J connectivity index is 1.91. The first-order valence-electron chi connectivity index (χ1n) is 7.85. The number of rotatable bonds is 4. The Morgan fingerprint density at radius 2 is 1.87 bits per heavy atom. The standard InChI is InChI=1S/C19H23NO3/c1-20-9-8-14-11-19(23-3)18(21)12-16(14)17(20)10-13-4-6-15(22-2)7-5-13/h4-7,11-12,17,21H,8-10H2,1-3H3/t17-/m1/s1. The molecule has 4 nitrogen and oxygen atoms in total. The van der Waals surface area contributed by atoms with E-state index in [9.17, 15) is 5.11 Å². The van der Waals surface area contributed by atoms with Gasteiger partial charge in [0.1, 0.15) is 5.75 Å². The van der Waals surface area contributed by atoms with Gasteiger partial charge in [0.15, 0.2) is 11.5 Å². The van der Waals surface area contributed by atoms with Crippen LogP contribution in [0, 0.1) is 0 Å². The highest BCUT2D eigenvalue weighted by Crippen LogP contribution is 2.38. The van der Waals surface area contributed by atoms with Crippen LogP contribution in [0.25, 0.3) is 0 Å². The third kappa shape index (κ3) is 3.13. The zero-order valence-electron chi connectivity index (χ0n) is 13.9. The Hall–Kier alpha value is -2.20. The molecule has 0 saturated carbocycles. The molecule has 122 valence electrons. The molecule has 0 aromatic heterocycles. The SMILES string of the molecule is COc1ccc(C[C@@H]2c3cc(O)c(OC)cc3CCN2C)cc1. The molecule has 0 unspecified atom stereocenters. The Kier molecular flexibility index (Phi) is 4.44. The second-order valence-electron chi connectivity index (χ2n) is 6.02. The van der Waals surface area contributed by atoms with E-state index in [1.165, 1.54) is 16.7 Å². The Morgan fingerprint density at radius 3 is 2.52 bits per heavy atom. The van der Waals surface area contributed by atoms with Crippen LogP contribution in [0.3, 0.4) is 0 Å². The van der Waals surface area contributed by atoms with E-state index in [0.29, 0.717) is 5.75 Å². The van der Waals surface area contributed by atoms with Gasteiger partial charge in [0, 0.05) is 12.6 Å². The van der Waals surface area contributed by atoms with Crippen LogP contribution in [0.1, 0.15) is 22.7 Å². The number of methoxy groups -OCH3 is 2. The van der Waals surface area contributed by atoms with Gasteiger partial charge >= 0.3 is 0 Å². The summed E-state index contributed by atoms with van der Waals surface area (Å²) in [4.78, 5) is 2.35. The van der Waals surface area contributed by atoms with Crippen LogP contribution in [0.5, 0.6) is 17.2 Å². The number of likely N-dealkylation sites (N-methyl/N-ethyl adjacent to an activating group) is 1. The quantitative estimate of drug-likeness (QED) is 0.941. The zero-order valence-corrected chi connectivity index (χ0v) is 13.9. The van der Waals surface area contributed by atoms with E-state index in [1.807, 2.05) is 24.3 Å². The maximum Gasteiger partial charge on any atom is 0.160 e. The molecule has 1 atom stereocenters. The van der Waals surface area contributed by atoms with Crippen molar-refractivity contribution in [2.24, 2.45) is 0 Å². The van der Waals surface area contributed by atoms with Crippen molar-refractivity contribution in [2.45, 2.75) is 18.9 Å². The van der Waals surface area contributed by atoms with Crippen LogP contribution in [-0.4, -0.2) is 37.8 Å². The second-order valence-corrected chi connectivity index (χ2v) is 6.02. The lowest BCUT2D eigenvalue weighted by atomic mass is 9.88. The smallest absolute Gasteiger partial charge is 0.160 e. The maximum absolute atomic E-state index is 10.1. The predicted molar refractivity (Wildman–Crippen MR) is 90.4 cm³/mol. The highest BCUT2D eigenvalue weighted by atomic mass is 16.5. The van der Waals surface area contributed by atoms with E-state index in [1.54, 1.807) is 14.2 Å². The molecule has 4 heteroatoms. The number of aromatic hydroxyl groups is 1. The Bertz CT molecular complexity index is 682. The molecular weight excluding hydrogens is 290 g/mol. The fourth-order valence-corrected chi connectivity index (χ4v) is 3.26. The van der Waals surface area contributed by atoms with Gasteiger partial charge in [-0.05, 0) is 60.8 Å². The van der Waals surface area contributed by atoms with Gasteiger partial charge in [-0.3, -0.25) is 4.90 Å². The summed E-state index contributed by atoms with van der Waals surface area (Å²) in [5.74, 6) is 1.63. The molecule has 0 bridgehead atoms. The number of hydrogen-bond acceptors (Lipinski definition) is 4. The molecular formula is C19H23NO3. The van der Waals surface area contributed by atoms with Crippen LogP contribution >= 0.6 is 0 Å². The largest absolute Gasteiger partial charge is 0.504 e. The molecule has 23 heavy (non-hydrogen) atoms. The van der Waals surface area contributed by atoms with Gasteiger partial charge < -0.3 is 14.6 Å². The van der Waals surface area contributed by atoms with Crippen molar-refractivity contribution in [3.63, 3.8) is 0 Å². The molecule has 2 aromatic rings. The van der Waals surface area contributed by atoms with E-state index < -0.39 is 0 Å². The lowest BCUT2D eigenvalue weighted by Crippen LogP contribution is -2.33. The van der Waals surface area contributed by atoms with Crippen LogP contribution < -0.4 is 9.47 Å². The van der Waals surface area contributed by atoms with Crippen LogP contribution in [0.15, 0.2) is 36.4 Å². The van der Waals surface area contributed by atoms with Crippen molar-refractivity contribution in [3.05, 3.63) is 53.1 Å². The van der Waals surface area contributed by atoms with Crippen LogP contribution in [0.4, 0.5) is 0 Å². The van der Waals surface area contributed by atoms with E-state index in [-0.39, 0.29) is 11.8 Å². The predicted octanol–water partition coefficient (Wildman–Crippen LogP) is 3.18. The van der Waals surface area contributed by atoms with Gasteiger partial charge in [-0.25, -0.2) is 0 Å². The molecule has 1 aliphatic rings. The van der Waals surface area contributed by atoms with Crippen molar-refractivity contribution < 1.29 is 14.6 Å². The summed E-state index contributed by atoms with van der Waals surface area (Å²) in [6.45, 7) is 1.00. The molecule has 1 N–H and O–H groups in total. The third-order valence-electron chi connectivity index (χ3n) is 4.65. The van der Waals surface area contributed by atoms with E-state index in [2.05, 4.69) is 24.1 Å². The summed E-state index contributed by atoms with van der Waals surface area (Å²) in [6.07, 6.45) is 1.88. The van der Waals surface area contributed by atoms with Gasteiger partial charge in [0.05, 0.1) is 14.2 Å². The molecule has 0 saturated heterocycles.